The molecule has 0 atom stereocenters. The van der Waals surface area contributed by atoms with Crippen molar-refractivity contribution in [3.63, 3.8) is 0 Å². The lowest BCUT2D eigenvalue weighted by molar-refractivity contribution is 1.23. The topological polar surface area (TPSA) is 25.8 Å². The van der Waals surface area contributed by atoms with Crippen molar-refractivity contribution in [3.8, 4) is 11.1 Å². The molecule has 0 saturated carbocycles. The highest BCUT2D eigenvalue weighted by Crippen LogP contribution is 2.35. The summed E-state index contributed by atoms with van der Waals surface area (Å²) in [4.78, 5) is 9.53. The third kappa shape index (κ3) is 2.26. The number of hydrogen-bond donors (Lipinski definition) is 0. The van der Waals surface area contributed by atoms with E-state index in [0.29, 0.717) is 0 Å². The molecule has 24 heavy (non-hydrogen) atoms. The summed E-state index contributed by atoms with van der Waals surface area (Å²) in [5, 5.41) is 2.41. The van der Waals surface area contributed by atoms with Crippen molar-refractivity contribution < 1.29 is 0 Å². The highest BCUT2D eigenvalue weighted by atomic mass is 14.7. The number of fused-ring (bicyclic) bond motifs is 2. The molecule has 0 fully saturated rings. The molecule has 0 N–H and O–H groups in total. The van der Waals surface area contributed by atoms with Crippen LogP contribution in [0.1, 0.15) is 22.5 Å². The minimum absolute atomic E-state index is 1.04. The molecule has 0 saturated heterocycles. The number of nitrogens with zero attached hydrogens (tertiary/aromatic N) is 2. The van der Waals surface area contributed by atoms with Crippen LogP contribution < -0.4 is 0 Å². The average Bonchev–Trinajstić information content (AvgIpc) is 2.55. The van der Waals surface area contributed by atoms with Gasteiger partial charge in [0.1, 0.15) is 0 Å². The Morgan fingerprint density at radius 1 is 0.583 bits per heavy atom. The first-order chi connectivity index (χ1) is 11.5. The molecule has 0 unspecified atom stereocenters. The normalized spacial score (nSPS) is 11.3. The SMILES string of the molecule is Cc1cc(-c2cc(C)nc3c(C)cccc23)c2cccc(C)c2n1. The number of para-hydroxylation sites is 2. The molecule has 2 nitrogen and oxygen atoms in total. The second kappa shape index (κ2) is 5.41. The monoisotopic (exact) mass is 312 g/mol. The van der Waals surface area contributed by atoms with Gasteiger partial charge >= 0.3 is 0 Å². The average molecular weight is 312 g/mol. The Balaban J connectivity index is 2.18. The Labute approximate surface area is 142 Å². The molecular weight excluding hydrogens is 292 g/mol. The van der Waals surface area contributed by atoms with E-state index in [1.807, 2.05) is 0 Å². The molecule has 2 aromatic heterocycles. The maximum absolute atomic E-state index is 4.77. The molecule has 0 aliphatic rings. The molecule has 0 bridgehead atoms. The molecule has 4 aromatic rings. The van der Waals surface area contributed by atoms with E-state index in [1.165, 1.54) is 33.0 Å². The first-order valence-corrected chi connectivity index (χ1v) is 8.29. The van der Waals surface area contributed by atoms with Crippen LogP contribution in [0.3, 0.4) is 0 Å². The van der Waals surface area contributed by atoms with Crippen LogP contribution in [0.15, 0.2) is 48.5 Å². The fraction of sp³-hybridized carbons (Fsp3) is 0.182. The van der Waals surface area contributed by atoms with E-state index in [-0.39, 0.29) is 0 Å². The lowest BCUT2D eigenvalue weighted by Crippen LogP contribution is -1.94. The standard InChI is InChI=1S/C22H20N2/c1-13-7-5-9-17-19(11-15(3)23-21(13)17)20-12-16(4)24-22-14(2)8-6-10-18(20)22/h5-12H,1-4H3. The Hall–Kier alpha value is -2.74. The third-order valence-corrected chi connectivity index (χ3v) is 4.63. The Morgan fingerprint density at radius 2 is 1.00 bits per heavy atom. The quantitative estimate of drug-likeness (QED) is 0.451. The first kappa shape index (κ1) is 14.8. The number of pyridine rings is 2. The molecule has 0 aliphatic heterocycles. The summed E-state index contributed by atoms with van der Waals surface area (Å²) >= 11 is 0. The Morgan fingerprint density at radius 3 is 1.42 bits per heavy atom. The largest absolute Gasteiger partial charge is 0.253 e. The van der Waals surface area contributed by atoms with Crippen LogP contribution in [0.5, 0.6) is 0 Å². The zero-order valence-electron chi connectivity index (χ0n) is 14.5. The number of hydrogen-bond acceptors (Lipinski definition) is 2. The molecule has 0 aliphatic carbocycles. The first-order valence-electron chi connectivity index (χ1n) is 8.29. The molecule has 0 spiro atoms. The summed E-state index contributed by atoms with van der Waals surface area (Å²) in [5.41, 5.74) is 9.16. The highest BCUT2D eigenvalue weighted by Gasteiger charge is 2.13. The minimum atomic E-state index is 1.04. The molecule has 0 amide bonds. The van der Waals surface area contributed by atoms with Gasteiger partial charge in [-0.05, 0) is 62.1 Å². The summed E-state index contributed by atoms with van der Waals surface area (Å²) in [6.07, 6.45) is 0. The fourth-order valence-electron chi connectivity index (χ4n) is 3.49. The van der Waals surface area contributed by atoms with E-state index >= 15 is 0 Å². The number of aryl methyl sites for hydroxylation is 4. The van der Waals surface area contributed by atoms with Gasteiger partial charge in [-0.2, -0.15) is 0 Å². The van der Waals surface area contributed by atoms with Crippen molar-refractivity contribution in [1.29, 1.82) is 0 Å². The van der Waals surface area contributed by atoms with E-state index in [1.54, 1.807) is 0 Å². The predicted molar refractivity (Wildman–Crippen MR) is 101 cm³/mol. The van der Waals surface area contributed by atoms with E-state index in [9.17, 15) is 0 Å². The van der Waals surface area contributed by atoms with Gasteiger partial charge in [-0.15, -0.1) is 0 Å². The van der Waals surface area contributed by atoms with E-state index in [0.717, 1.165) is 22.4 Å². The summed E-state index contributed by atoms with van der Waals surface area (Å²) in [6.45, 7) is 8.38. The third-order valence-electron chi connectivity index (χ3n) is 4.63. The van der Waals surface area contributed by atoms with Gasteiger partial charge in [0.25, 0.3) is 0 Å². The van der Waals surface area contributed by atoms with Gasteiger partial charge < -0.3 is 0 Å². The molecular formula is C22H20N2. The molecule has 2 aromatic carbocycles. The highest BCUT2D eigenvalue weighted by molar-refractivity contribution is 6.05. The van der Waals surface area contributed by atoms with Crippen LogP contribution in [0.25, 0.3) is 32.9 Å². The van der Waals surface area contributed by atoms with Gasteiger partial charge in [0.05, 0.1) is 11.0 Å². The van der Waals surface area contributed by atoms with Crippen molar-refractivity contribution in [2.45, 2.75) is 27.7 Å². The van der Waals surface area contributed by atoms with Crippen LogP contribution in [0.4, 0.5) is 0 Å². The fourth-order valence-corrected chi connectivity index (χ4v) is 3.49. The zero-order chi connectivity index (χ0) is 16.8. The smallest absolute Gasteiger partial charge is 0.0740 e. The summed E-state index contributed by atoms with van der Waals surface area (Å²) < 4.78 is 0. The van der Waals surface area contributed by atoms with Crippen LogP contribution in [0, 0.1) is 27.7 Å². The van der Waals surface area contributed by atoms with Crippen molar-refractivity contribution in [2.75, 3.05) is 0 Å². The van der Waals surface area contributed by atoms with Crippen LogP contribution in [-0.4, -0.2) is 9.97 Å². The van der Waals surface area contributed by atoms with Gasteiger partial charge in [0.15, 0.2) is 0 Å². The minimum Gasteiger partial charge on any atom is -0.253 e. The molecule has 2 heteroatoms. The van der Waals surface area contributed by atoms with Gasteiger partial charge in [-0.25, -0.2) is 0 Å². The summed E-state index contributed by atoms with van der Waals surface area (Å²) in [6, 6.07) is 17.2. The van der Waals surface area contributed by atoms with Crippen molar-refractivity contribution in [1.82, 2.24) is 9.97 Å². The molecule has 118 valence electrons. The molecule has 2 heterocycles. The number of benzene rings is 2. The maximum Gasteiger partial charge on any atom is 0.0740 e. The predicted octanol–water partition coefficient (Wildman–Crippen LogP) is 5.68. The van der Waals surface area contributed by atoms with Crippen LogP contribution >= 0.6 is 0 Å². The van der Waals surface area contributed by atoms with E-state index < -0.39 is 0 Å². The van der Waals surface area contributed by atoms with Crippen LogP contribution in [-0.2, 0) is 0 Å². The summed E-state index contributed by atoms with van der Waals surface area (Å²) in [5.74, 6) is 0. The van der Waals surface area contributed by atoms with Gasteiger partial charge in [-0.3, -0.25) is 9.97 Å². The van der Waals surface area contributed by atoms with Crippen LogP contribution in [0.2, 0.25) is 0 Å². The Kier molecular flexibility index (Phi) is 3.34. The van der Waals surface area contributed by atoms with Gasteiger partial charge in [0.2, 0.25) is 0 Å². The zero-order valence-corrected chi connectivity index (χ0v) is 14.5. The van der Waals surface area contributed by atoms with E-state index in [2.05, 4.69) is 76.2 Å². The molecule has 4 rings (SSSR count). The lowest BCUT2D eigenvalue weighted by atomic mass is 9.94. The number of rotatable bonds is 1. The maximum atomic E-state index is 4.77. The molecule has 0 radical (unpaired) electrons. The van der Waals surface area contributed by atoms with Crippen molar-refractivity contribution in [3.05, 3.63) is 71.0 Å². The Bertz CT molecular complexity index is 1000. The summed E-state index contributed by atoms with van der Waals surface area (Å²) in [7, 11) is 0. The second-order valence-electron chi connectivity index (χ2n) is 6.56. The van der Waals surface area contributed by atoms with Crippen molar-refractivity contribution in [2.24, 2.45) is 0 Å². The number of aromatic nitrogens is 2. The van der Waals surface area contributed by atoms with E-state index in [4.69, 9.17) is 9.97 Å². The van der Waals surface area contributed by atoms with Gasteiger partial charge in [-0.1, -0.05) is 36.4 Å². The lowest BCUT2D eigenvalue weighted by Gasteiger charge is -2.14. The second-order valence-corrected chi connectivity index (χ2v) is 6.56. The van der Waals surface area contributed by atoms with Crippen molar-refractivity contribution >= 4 is 21.8 Å². The van der Waals surface area contributed by atoms with Gasteiger partial charge in [0, 0.05) is 22.2 Å².